The van der Waals surface area contributed by atoms with Crippen molar-refractivity contribution in [2.24, 2.45) is 0 Å². The van der Waals surface area contributed by atoms with Crippen molar-refractivity contribution in [3.05, 3.63) is 88.7 Å². The van der Waals surface area contributed by atoms with Crippen LogP contribution in [0, 0.1) is 0 Å². The number of halogens is 2. The van der Waals surface area contributed by atoms with Crippen LogP contribution in [-0.4, -0.2) is 114 Å². The molecule has 1 aromatic heterocycles. The van der Waals surface area contributed by atoms with E-state index in [1.165, 1.54) is 37.1 Å². The molecule has 3 N–H and O–H groups in total. The first-order valence-corrected chi connectivity index (χ1v) is 18.3. The summed E-state index contributed by atoms with van der Waals surface area (Å²) in [4.78, 5) is 40.0. The van der Waals surface area contributed by atoms with Gasteiger partial charge in [-0.3, -0.25) is 14.6 Å². The lowest BCUT2D eigenvalue weighted by Crippen LogP contribution is -2.49. The molecule has 5 rings (SSSR count). The van der Waals surface area contributed by atoms with Crippen LogP contribution < -0.4 is 35.2 Å². The largest absolute Gasteiger partial charge is 0.495 e. The van der Waals surface area contributed by atoms with Gasteiger partial charge >= 0.3 is 6.03 Å². The molecule has 1 aliphatic heterocycles. The maximum atomic E-state index is 13.2. The highest BCUT2D eigenvalue weighted by Crippen LogP contribution is 2.44. The minimum Gasteiger partial charge on any atom is -0.495 e. The van der Waals surface area contributed by atoms with Crippen molar-refractivity contribution in [1.29, 1.82) is 0 Å². The van der Waals surface area contributed by atoms with Gasteiger partial charge in [0, 0.05) is 63.3 Å². The number of ether oxygens (including phenoxy) is 4. The quantitative estimate of drug-likeness (QED) is 0.107. The second-order valence-electron chi connectivity index (χ2n) is 12.3. The average molecular weight is 782 g/mol. The van der Waals surface area contributed by atoms with Crippen LogP contribution in [0.15, 0.2) is 73.1 Å². The van der Waals surface area contributed by atoms with Gasteiger partial charge in [-0.25, -0.2) is 14.8 Å². The van der Waals surface area contributed by atoms with Crippen molar-refractivity contribution in [2.45, 2.75) is 6.42 Å². The Kier molecular flexibility index (Phi) is 15.4. The van der Waals surface area contributed by atoms with Crippen LogP contribution in [0.5, 0.6) is 11.5 Å². The Bertz CT molecular complexity index is 1790. The first-order chi connectivity index (χ1) is 26.2. The van der Waals surface area contributed by atoms with Crippen LogP contribution in [0.25, 0.3) is 0 Å². The molecule has 16 heteroatoms. The molecule has 0 spiro atoms. The molecule has 1 aliphatic rings. The second-order valence-corrected chi connectivity index (χ2v) is 13.0. The number of piperazine rings is 1. The van der Waals surface area contributed by atoms with E-state index in [1.54, 1.807) is 13.1 Å². The van der Waals surface area contributed by atoms with Gasteiger partial charge in [0.05, 0.1) is 52.9 Å². The van der Waals surface area contributed by atoms with Gasteiger partial charge in [-0.15, -0.1) is 0 Å². The molecule has 2 heterocycles. The Morgan fingerprint density at radius 1 is 0.833 bits per heavy atom. The molecule has 0 atom stereocenters. The Balaban J connectivity index is 1.00. The number of methoxy groups -OCH3 is 2. The third-order valence-electron chi connectivity index (χ3n) is 8.67. The number of hydrogen-bond acceptors (Lipinski definition) is 11. The van der Waals surface area contributed by atoms with E-state index >= 15 is 0 Å². The van der Waals surface area contributed by atoms with E-state index < -0.39 is 6.03 Å². The topological polar surface area (TPSA) is 143 Å². The highest BCUT2D eigenvalue weighted by molar-refractivity contribution is 6.41. The second kappa shape index (κ2) is 20.6. The Morgan fingerprint density at radius 2 is 1.50 bits per heavy atom. The number of nitrogens with zero attached hydrogens (tertiary/aromatic N) is 5. The number of rotatable bonds is 18. The van der Waals surface area contributed by atoms with Crippen LogP contribution >= 0.6 is 23.2 Å². The zero-order valence-corrected chi connectivity index (χ0v) is 32.2. The lowest BCUT2D eigenvalue weighted by atomic mass is 10.2. The number of benzene rings is 3. The molecule has 3 aromatic carbocycles. The van der Waals surface area contributed by atoms with Crippen molar-refractivity contribution in [3.8, 4) is 11.5 Å². The first-order valence-electron chi connectivity index (χ1n) is 17.5. The molecule has 0 bridgehead atoms. The van der Waals surface area contributed by atoms with Crippen molar-refractivity contribution < 1.29 is 28.5 Å². The normalized spacial score (nSPS) is 12.9. The van der Waals surface area contributed by atoms with Crippen LogP contribution in [0.2, 0.25) is 10.0 Å². The molecule has 0 saturated carbocycles. The van der Waals surface area contributed by atoms with Crippen molar-refractivity contribution >= 4 is 63.8 Å². The van der Waals surface area contributed by atoms with Gasteiger partial charge in [0.1, 0.15) is 39.5 Å². The number of aromatic nitrogens is 2. The van der Waals surface area contributed by atoms with Crippen LogP contribution in [0.3, 0.4) is 0 Å². The number of anilines is 5. The predicted molar refractivity (Wildman–Crippen MR) is 212 cm³/mol. The number of carbonyl (C=O) groups excluding carboxylic acids is 2. The zero-order chi connectivity index (χ0) is 38.3. The van der Waals surface area contributed by atoms with E-state index in [-0.39, 0.29) is 21.6 Å². The molecule has 0 unspecified atom stereocenters. The Hall–Kier alpha value is -4.86. The van der Waals surface area contributed by atoms with Crippen molar-refractivity contribution in [3.63, 3.8) is 0 Å². The summed E-state index contributed by atoms with van der Waals surface area (Å²) in [6, 6.07) is 20.9. The van der Waals surface area contributed by atoms with Gasteiger partial charge in [-0.05, 0) is 36.2 Å². The fourth-order valence-corrected chi connectivity index (χ4v) is 6.23. The fourth-order valence-electron chi connectivity index (χ4n) is 5.63. The summed E-state index contributed by atoms with van der Waals surface area (Å²) >= 11 is 12.9. The van der Waals surface area contributed by atoms with Crippen molar-refractivity contribution in [1.82, 2.24) is 20.2 Å². The van der Waals surface area contributed by atoms with E-state index in [2.05, 4.69) is 47.9 Å². The van der Waals surface area contributed by atoms with Gasteiger partial charge in [0.25, 0.3) is 0 Å². The Morgan fingerprint density at radius 3 is 2.17 bits per heavy atom. The molecule has 0 radical (unpaired) electrons. The number of hydrogen-bond donors (Lipinski definition) is 3. The maximum absolute atomic E-state index is 13.2. The zero-order valence-electron chi connectivity index (χ0n) is 30.6. The Labute approximate surface area is 325 Å². The molecule has 14 nitrogen and oxygen atoms in total. The van der Waals surface area contributed by atoms with E-state index in [9.17, 15) is 9.59 Å². The lowest BCUT2D eigenvalue weighted by molar-refractivity contribution is -0.122. The number of amides is 3. The van der Waals surface area contributed by atoms with E-state index in [1.807, 2.05) is 42.5 Å². The number of nitrogens with one attached hydrogen (secondary N) is 3. The summed E-state index contributed by atoms with van der Waals surface area (Å²) in [5.41, 5.74) is 3.30. The molecule has 54 heavy (non-hydrogen) atoms. The van der Waals surface area contributed by atoms with Crippen LogP contribution in [0.4, 0.5) is 33.5 Å². The molecule has 288 valence electrons. The molecule has 3 amide bonds. The van der Waals surface area contributed by atoms with E-state index in [0.717, 1.165) is 44.0 Å². The van der Waals surface area contributed by atoms with Gasteiger partial charge < -0.3 is 39.8 Å². The molecule has 4 aromatic rings. The van der Waals surface area contributed by atoms with E-state index in [4.69, 9.17) is 42.1 Å². The highest BCUT2D eigenvalue weighted by Gasteiger charge is 2.22. The third kappa shape index (κ3) is 11.6. The molecule has 1 fully saturated rings. The fraction of sp³-hybridized carbons (Fsp3) is 0.368. The van der Waals surface area contributed by atoms with Crippen molar-refractivity contribution in [2.75, 3.05) is 107 Å². The lowest BCUT2D eigenvalue weighted by Gasteiger charge is -2.35. The molecular formula is C38H46Cl2N8O6. The summed E-state index contributed by atoms with van der Waals surface area (Å²) in [5.74, 6) is 1.41. The van der Waals surface area contributed by atoms with Crippen LogP contribution in [0.1, 0.15) is 5.56 Å². The summed E-state index contributed by atoms with van der Waals surface area (Å²) < 4.78 is 21.8. The monoisotopic (exact) mass is 780 g/mol. The molecular weight excluding hydrogens is 735 g/mol. The smallest absolute Gasteiger partial charge is 0.327 e. The standard InChI is InChI=1S/C38H46Cl2N8O6/c1-46(38(50)45-37-35(39)30(51-2)23-31(52-3)36(37)40)33-24-32(42-26-43-33)44-28-9-11-29(12-10-28)48-17-15-47(16-18-48)25-34(49)41-14-20-54-22-21-53-19-13-27-7-5-4-6-8-27/h4-12,23-24,26H,13-22,25H2,1-3H3,(H,41,49)(H,45,50)(H,42,43,44). The van der Waals surface area contributed by atoms with Gasteiger partial charge in [-0.1, -0.05) is 53.5 Å². The van der Waals surface area contributed by atoms with Gasteiger partial charge in [0.15, 0.2) is 0 Å². The number of carbonyl (C=O) groups is 2. The minimum atomic E-state index is -0.541. The summed E-state index contributed by atoms with van der Waals surface area (Å²) in [5, 5.41) is 9.19. The molecule has 1 saturated heterocycles. The summed E-state index contributed by atoms with van der Waals surface area (Å²) in [6.07, 6.45) is 2.24. The predicted octanol–water partition coefficient (Wildman–Crippen LogP) is 5.73. The number of urea groups is 1. The van der Waals surface area contributed by atoms with E-state index in [0.29, 0.717) is 62.7 Å². The average Bonchev–Trinajstić information content (AvgIpc) is 3.19. The molecule has 0 aliphatic carbocycles. The van der Waals surface area contributed by atoms with Crippen LogP contribution in [-0.2, 0) is 20.7 Å². The highest BCUT2D eigenvalue weighted by atomic mass is 35.5. The summed E-state index contributed by atoms with van der Waals surface area (Å²) in [6.45, 7) is 6.12. The maximum Gasteiger partial charge on any atom is 0.327 e. The SMILES string of the molecule is COc1cc(OC)c(Cl)c(NC(=O)N(C)c2cc(Nc3ccc(N4CCN(CC(=O)NCCOCCOCCc5ccccc5)CC4)cc3)ncn2)c1Cl. The van der Waals surface area contributed by atoms with Gasteiger partial charge in [-0.2, -0.15) is 0 Å². The third-order valence-corrected chi connectivity index (χ3v) is 9.42. The first kappa shape index (κ1) is 40.3. The van der Waals surface area contributed by atoms with Gasteiger partial charge in [0.2, 0.25) is 5.91 Å². The summed E-state index contributed by atoms with van der Waals surface area (Å²) in [7, 11) is 4.46. The minimum absolute atomic E-state index is 0.00684.